The van der Waals surface area contributed by atoms with Gasteiger partial charge in [0.2, 0.25) is 0 Å². The first-order chi connectivity index (χ1) is 11.5. The lowest BCUT2D eigenvalue weighted by Crippen LogP contribution is -2.24. The van der Waals surface area contributed by atoms with Crippen molar-refractivity contribution < 1.29 is 0 Å². The van der Waals surface area contributed by atoms with Crippen LogP contribution in [0.3, 0.4) is 0 Å². The average Bonchev–Trinajstić information content (AvgIpc) is 2.57. The Balaban J connectivity index is 0. The maximum absolute atomic E-state index is 3.85. The first kappa shape index (κ1) is 24.7. The van der Waals surface area contributed by atoms with E-state index in [1.54, 1.807) is 0 Å². The third-order valence-corrected chi connectivity index (χ3v) is 3.09. The molecule has 0 bridgehead atoms. The zero-order valence-corrected chi connectivity index (χ0v) is 17.3. The summed E-state index contributed by atoms with van der Waals surface area (Å²) in [5.74, 6) is 6.86. The summed E-state index contributed by atoms with van der Waals surface area (Å²) < 4.78 is 0. The van der Waals surface area contributed by atoms with E-state index in [4.69, 9.17) is 0 Å². The first-order valence-corrected chi connectivity index (χ1v) is 9.39. The van der Waals surface area contributed by atoms with E-state index in [0.717, 1.165) is 18.4 Å². The van der Waals surface area contributed by atoms with Gasteiger partial charge in [-0.15, -0.1) is 6.58 Å². The second-order valence-electron chi connectivity index (χ2n) is 6.00. The van der Waals surface area contributed by atoms with Gasteiger partial charge in [0.05, 0.1) is 0 Å². The molecule has 1 heteroatoms. The highest BCUT2D eigenvalue weighted by atomic mass is 14.8. The zero-order chi connectivity index (χ0) is 19.0. The lowest BCUT2D eigenvalue weighted by atomic mass is 9.96. The molecule has 24 heavy (non-hydrogen) atoms. The molecule has 1 nitrogen and oxygen atoms in total. The molecular formula is C23H39N. The number of likely N-dealkylation sites (N-methyl/N-ethyl adjacent to an activating group) is 1. The van der Waals surface area contributed by atoms with E-state index < -0.39 is 0 Å². The SMILES string of the molecule is C=CCc1cc(C#CC(C)C)ccc1CC(C)NC.CC.CCC. The van der Waals surface area contributed by atoms with Crippen LogP contribution in [-0.4, -0.2) is 13.1 Å². The van der Waals surface area contributed by atoms with Gasteiger partial charge >= 0.3 is 0 Å². The standard InChI is InChI=1S/C18H25N.C3H8.C2H6/c1-6-7-17-13-16(9-8-14(2)3)10-11-18(17)12-15(4)19-5;1-3-2;1-2/h6,10-11,13-15,19H,1,7,12H2,2-5H3;3H2,1-2H3;1-2H3. The molecule has 0 aliphatic carbocycles. The van der Waals surface area contributed by atoms with Crippen molar-refractivity contribution in [2.45, 2.75) is 73.8 Å². The summed E-state index contributed by atoms with van der Waals surface area (Å²) in [6.07, 6.45) is 5.16. The molecule has 1 rings (SSSR count). The maximum Gasteiger partial charge on any atom is 0.0248 e. The normalized spacial score (nSPS) is 10.4. The molecule has 0 radical (unpaired) electrons. The summed E-state index contributed by atoms with van der Waals surface area (Å²) in [5, 5.41) is 3.28. The molecule has 0 aromatic heterocycles. The van der Waals surface area contributed by atoms with Crippen LogP contribution in [0.25, 0.3) is 0 Å². The Kier molecular flexibility index (Phi) is 16.8. The van der Waals surface area contributed by atoms with Crippen LogP contribution >= 0.6 is 0 Å². The van der Waals surface area contributed by atoms with Crippen molar-refractivity contribution in [1.29, 1.82) is 0 Å². The second-order valence-corrected chi connectivity index (χ2v) is 6.00. The fraction of sp³-hybridized carbons (Fsp3) is 0.565. The highest BCUT2D eigenvalue weighted by Gasteiger charge is 2.06. The van der Waals surface area contributed by atoms with Crippen LogP contribution in [0.5, 0.6) is 0 Å². The van der Waals surface area contributed by atoms with Gasteiger partial charge in [0.1, 0.15) is 0 Å². The molecule has 0 amide bonds. The number of rotatable bonds is 5. The minimum atomic E-state index is 0.409. The van der Waals surface area contributed by atoms with Crippen molar-refractivity contribution in [3.8, 4) is 11.8 Å². The van der Waals surface area contributed by atoms with Crippen LogP contribution in [0, 0.1) is 17.8 Å². The van der Waals surface area contributed by atoms with E-state index in [1.165, 1.54) is 17.5 Å². The molecule has 0 saturated carbocycles. The Labute approximate surface area is 152 Å². The molecule has 0 aliphatic rings. The predicted octanol–water partition coefficient (Wildman–Crippen LogP) is 6.02. The van der Waals surface area contributed by atoms with Gasteiger partial charge < -0.3 is 5.32 Å². The third kappa shape index (κ3) is 12.0. The van der Waals surface area contributed by atoms with Gasteiger partial charge in [-0.25, -0.2) is 0 Å². The maximum atomic E-state index is 3.85. The minimum absolute atomic E-state index is 0.409. The van der Waals surface area contributed by atoms with Crippen LogP contribution in [0.4, 0.5) is 0 Å². The third-order valence-electron chi connectivity index (χ3n) is 3.09. The van der Waals surface area contributed by atoms with E-state index >= 15 is 0 Å². The molecule has 0 saturated heterocycles. The summed E-state index contributed by atoms with van der Waals surface area (Å²) >= 11 is 0. The fourth-order valence-corrected chi connectivity index (χ4v) is 1.91. The van der Waals surface area contributed by atoms with Gasteiger partial charge in [0.15, 0.2) is 0 Å². The minimum Gasteiger partial charge on any atom is -0.317 e. The van der Waals surface area contributed by atoms with Crippen LogP contribution in [0.15, 0.2) is 30.9 Å². The Hall–Kier alpha value is -1.52. The van der Waals surface area contributed by atoms with Crippen molar-refractivity contribution in [2.75, 3.05) is 7.05 Å². The number of hydrogen-bond donors (Lipinski definition) is 1. The lowest BCUT2D eigenvalue weighted by molar-refractivity contribution is 0.606. The van der Waals surface area contributed by atoms with Crippen LogP contribution in [0.1, 0.15) is 71.6 Å². The smallest absolute Gasteiger partial charge is 0.0248 e. The number of hydrogen-bond acceptors (Lipinski definition) is 1. The molecule has 0 fully saturated rings. The number of benzene rings is 1. The summed E-state index contributed by atoms with van der Waals surface area (Å²) in [6.45, 7) is 18.5. The Bertz CT molecular complexity index is 488. The van der Waals surface area contributed by atoms with Crippen LogP contribution in [-0.2, 0) is 12.8 Å². The van der Waals surface area contributed by atoms with Crippen molar-refractivity contribution in [2.24, 2.45) is 5.92 Å². The average molecular weight is 330 g/mol. The fourth-order valence-electron chi connectivity index (χ4n) is 1.91. The molecule has 0 spiro atoms. The van der Waals surface area contributed by atoms with Crippen LogP contribution < -0.4 is 5.32 Å². The quantitative estimate of drug-likeness (QED) is 0.515. The van der Waals surface area contributed by atoms with Crippen molar-refractivity contribution in [3.63, 3.8) is 0 Å². The first-order valence-electron chi connectivity index (χ1n) is 9.39. The largest absolute Gasteiger partial charge is 0.317 e. The molecule has 1 N–H and O–H groups in total. The van der Waals surface area contributed by atoms with Gasteiger partial charge in [-0.1, -0.05) is 71.9 Å². The monoisotopic (exact) mass is 329 g/mol. The molecule has 1 atom stereocenters. The topological polar surface area (TPSA) is 12.0 Å². The van der Waals surface area contributed by atoms with Gasteiger partial charge in [-0.05, 0) is 50.1 Å². The van der Waals surface area contributed by atoms with Crippen LogP contribution in [0.2, 0.25) is 0 Å². The molecular weight excluding hydrogens is 290 g/mol. The van der Waals surface area contributed by atoms with E-state index in [-0.39, 0.29) is 0 Å². The Morgan fingerprint density at radius 2 is 1.71 bits per heavy atom. The molecule has 0 aliphatic heterocycles. The number of nitrogens with one attached hydrogen (secondary N) is 1. The predicted molar refractivity (Wildman–Crippen MR) is 112 cm³/mol. The Morgan fingerprint density at radius 1 is 1.12 bits per heavy atom. The van der Waals surface area contributed by atoms with Crippen molar-refractivity contribution >= 4 is 0 Å². The van der Waals surface area contributed by atoms with Gasteiger partial charge in [-0.2, -0.15) is 0 Å². The zero-order valence-electron chi connectivity index (χ0n) is 17.3. The summed E-state index contributed by atoms with van der Waals surface area (Å²) in [7, 11) is 2.00. The molecule has 1 aromatic rings. The lowest BCUT2D eigenvalue weighted by Gasteiger charge is -2.14. The van der Waals surface area contributed by atoms with Gasteiger partial charge in [-0.3, -0.25) is 0 Å². The molecule has 0 heterocycles. The van der Waals surface area contributed by atoms with Gasteiger partial charge in [0, 0.05) is 17.5 Å². The Morgan fingerprint density at radius 3 is 2.17 bits per heavy atom. The highest BCUT2D eigenvalue weighted by molar-refractivity contribution is 5.42. The molecule has 1 unspecified atom stereocenters. The molecule has 1 aromatic carbocycles. The van der Waals surface area contributed by atoms with Crippen molar-refractivity contribution in [1.82, 2.24) is 5.32 Å². The van der Waals surface area contributed by atoms with E-state index in [2.05, 4.69) is 76.6 Å². The molecule has 136 valence electrons. The van der Waals surface area contributed by atoms with Gasteiger partial charge in [0.25, 0.3) is 0 Å². The summed E-state index contributed by atoms with van der Waals surface area (Å²) in [4.78, 5) is 0. The summed E-state index contributed by atoms with van der Waals surface area (Å²) in [6, 6.07) is 7.02. The van der Waals surface area contributed by atoms with Crippen molar-refractivity contribution in [3.05, 3.63) is 47.5 Å². The van der Waals surface area contributed by atoms with E-state index in [9.17, 15) is 0 Å². The van der Waals surface area contributed by atoms with E-state index in [1.807, 2.05) is 27.0 Å². The second kappa shape index (κ2) is 16.3. The highest BCUT2D eigenvalue weighted by Crippen LogP contribution is 2.15. The summed E-state index contributed by atoms with van der Waals surface area (Å²) in [5.41, 5.74) is 3.83. The number of allylic oxidation sites excluding steroid dienone is 1. The van der Waals surface area contributed by atoms with E-state index in [0.29, 0.717) is 12.0 Å².